The molecule has 0 aliphatic rings. The summed E-state index contributed by atoms with van der Waals surface area (Å²) in [5.41, 5.74) is -0.402. The number of hydrogen-bond acceptors (Lipinski definition) is 3. The molecule has 0 spiro atoms. The van der Waals surface area contributed by atoms with Crippen molar-refractivity contribution in [3.05, 3.63) is 0 Å². The van der Waals surface area contributed by atoms with Gasteiger partial charge in [-0.05, 0) is 26.7 Å². The van der Waals surface area contributed by atoms with Crippen molar-refractivity contribution in [2.45, 2.75) is 40.2 Å². The molecule has 13 heavy (non-hydrogen) atoms. The summed E-state index contributed by atoms with van der Waals surface area (Å²) < 4.78 is 5.04. The van der Waals surface area contributed by atoms with Gasteiger partial charge in [-0.1, -0.05) is 13.8 Å². The van der Waals surface area contributed by atoms with E-state index >= 15 is 0 Å². The van der Waals surface area contributed by atoms with Gasteiger partial charge in [0, 0.05) is 6.54 Å². The second kappa shape index (κ2) is 5.80. The molecule has 0 radical (unpaired) electrons. The first-order valence-corrected chi connectivity index (χ1v) is 4.28. The van der Waals surface area contributed by atoms with Crippen LogP contribution in [0.2, 0.25) is 0 Å². The summed E-state index contributed by atoms with van der Waals surface area (Å²) in [5, 5.41) is 2.68. The molecule has 0 atom stereocenters. The number of rotatable bonds is 2. The molecule has 4 nitrogen and oxygen atoms in total. The minimum atomic E-state index is -0.402. The van der Waals surface area contributed by atoms with Crippen LogP contribution in [-0.4, -0.2) is 18.2 Å². The van der Waals surface area contributed by atoms with E-state index in [1.807, 2.05) is 34.6 Å². The van der Waals surface area contributed by atoms with E-state index in [-0.39, 0.29) is 12.2 Å². The monoisotopic (exact) mass is 190 g/mol. The Labute approximate surface area is 80.6 Å². The van der Waals surface area contributed by atoms with Gasteiger partial charge in [-0.2, -0.15) is 0 Å². The number of hydrogen-bond donors (Lipinski definition) is 2. The Morgan fingerprint density at radius 3 is 2.15 bits per heavy atom. The number of nitrogens with one attached hydrogen (secondary N) is 1. The van der Waals surface area contributed by atoms with Crippen LogP contribution < -0.4 is 11.5 Å². The molecule has 0 heterocycles. The molecular formula is C9H22N2O2. The van der Waals surface area contributed by atoms with E-state index in [4.69, 9.17) is 4.74 Å². The van der Waals surface area contributed by atoms with Gasteiger partial charge in [0.1, 0.15) is 5.60 Å². The minimum Gasteiger partial charge on any atom is -0.444 e. The number of amides is 1. The predicted octanol–water partition coefficient (Wildman–Crippen LogP) is 2.33. The van der Waals surface area contributed by atoms with Gasteiger partial charge in [-0.25, -0.2) is 4.79 Å². The van der Waals surface area contributed by atoms with Gasteiger partial charge < -0.3 is 16.2 Å². The van der Waals surface area contributed by atoms with Crippen molar-refractivity contribution >= 4 is 6.09 Å². The van der Waals surface area contributed by atoms with Gasteiger partial charge in [0.05, 0.1) is 0 Å². The Morgan fingerprint density at radius 1 is 1.38 bits per heavy atom. The Morgan fingerprint density at radius 2 is 1.85 bits per heavy atom. The highest BCUT2D eigenvalue weighted by atomic mass is 16.6. The van der Waals surface area contributed by atoms with Crippen molar-refractivity contribution in [2.75, 3.05) is 6.54 Å². The molecule has 80 valence electrons. The summed E-state index contributed by atoms with van der Waals surface area (Å²) >= 11 is 0. The van der Waals surface area contributed by atoms with E-state index in [0.29, 0.717) is 12.5 Å². The summed E-state index contributed by atoms with van der Waals surface area (Å²) in [5.74, 6) is 0.456. The van der Waals surface area contributed by atoms with Crippen LogP contribution in [0.1, 0.15) is 34.6 Å². The van der Waals surface area contributed by atoms with Crippen LogP contribution in [0.4, 0.5) is 4.79 Å². The van der Waals surface area contributed by atoms with Gasteiger partial charge in [-0.3, -0.25) is 0 Å². The largest absolute Gasteiger partial charge is 0.444 e. The predicted molar refractivity (Wildman–Crippen MR) is 54.1 cm³/mol. The van der Waals surface area contributed by atoms with Gasteiger partial charge in [0.15, 0.2) is 0 Å². The second-order valence-electron chi connectivity index (χ2n) is 4.28. The van der Waals surface area contributed by atoms with Crippen LogP contribution in [0.3, 0.4) is 0 Å². The molecule has 0 aliphatic heterocycles. The fourth-order valence-corrected chi connectivity index (χ4v) is 0.602. The summed E-state index contributed by atoms with van der Waals surface area (Å²) in [6, 6.07) is 0. The second-order valence-corrected chi connectivity index (χ2v) is 4.28. The molecule has 4 N–H and O–H groups in total. The van der Waals surface area contributed by atoms with Crippen molar-refractivity contribution in [1.29, 1.82) is 0 Å². The van der Waals surface area contributed by atoms with Crippen LogP contribution in [-0.2, 0) is 4.74 Å². The van der Waals surface area contributed by atoms with Crippen molar-refractivity contribution in [3.63, 3.8) is 0 Å². The van der Waals surface area contributed by atoms with Crippen molar-refractivity contribution in [1.82, 2.24) is 11.5 Å². The molecule has 0 rings (SSSR count). The highest BCUT2D eigenvalue weighted by Gasteiger charge is 2.15. The quantitative estimate of drug-likeness (QED) is 0.701. The van der Waals surface area contributed by atoms with Gasteiger partial charge >= 0.3 is 6.09 Å². The number of ether oxygens (including phenoxy) is 1. The zero-order chi connectivity index (χ0) is 9.78. The lowest BCUT2D eigenvalue weighted by Gasteiger charge is -2.20. The normalized spacial score (nSPS) is 10.6. The van der Waals surface area contributed by atoms with E-state index in [9.17, 15) is 4.79 Å². The number of alkyl carbamates (subject to hydrolysis) is 1. The van der Waals surface area contributed by atoms with Crippen LogP contribution in [0.15, 0.2) is 0 Å². The molecule has 0 aromatic carbocycles. The standard InChI is InChI=1S/C9H19NO2.H3N/c1-7(2)6-10-8(11)12-9(3,4)5;/h7H,6H2,1-5H3,(H,10,11);1H3. The van der Waals surface area contributed by atoms with Gasteiger partial charge in [0.2, 0.25) is 0 Å². The Balaban J connectivity index is 0. The fourth-order valence-electron chi connectivity index (χ4n) is 0.602. The third kappa shape index (κ3) is 11.2. The van der Waals surface area contributed by atoms with E-state index in [1.165, 1.54) is 0 Å². The van der Waals surface area contributed by atoms with Crippen molar-refractivity contribution in [3.8, 4) is 0 Å². The third-order valence-electron chi connectivity index (χ3n) is 1.05. The average Bonchev–Trinajstić information content (AvgIpc) is 1.79. The lowest BCUT2D eigenvalue weighted by molar-refractivity contribution is 0.0521. The van der Waals surface area contributed by atoms with Crippen LogP contribution >= 0.6 is 0 Å². The smallest absolute Gasteiger partial charge is 0.407 e. The molecule has 0 aliphatic carbocycles. The maximum Gasteiger partial charge on any atom is 0.407 e. The minimum absolute atomic E-state index is 0. The van der Waals surface area contributed by atoms with Crippen molar-refractivity contribution in [2.24, 2.45) is 5.92 Å². The zero-order valence-electron chi connectivity index (χ0n) is 9.31. The summed E-state index contributed by atoms with van der Waals surface area (Å²) in [7, 11) is 0. The lowest BCUT2D eigenvalue weighted by atomic mass is 10.2. The maximum absolute atomic E-state index is 11.0. The van der Waals surface area contributed by atoms with Crippen molar-refractivity contribution < 1.29 is 9.53 Å². The fraction of sp³-hybridized carbons (Fsp3) is 0.889. The zero-order valence-corrected chi connectivity index (χ0v) is 9.31. The lowest BCUT2D eigenvalue weighted by Crippen LogP contribution is -2.34. The molecule has 0 saturated heterocycles. The van der Waals surface area contributed by atoms with Gasteiger partial charge in [0.25, 0.3) is 0 Å². The first-order valence-electron chi connectivity index (χ1n) is 4.28. The molecule has 4 heteroatoms. The van der Waals surface area contributed by atoms with E-state index in [2.05, 4.69) is 5.32 Å². The number of carbonyl (C=O) groups is 1. The molecular weight excluding hydrogens is 168 g/mol. The molecule has 0 aromatic rings. The summed E-state index contributed by atoms with van der Waals surface area (Å²) in [6.45, 7) is 10.3. The SMILES string of the molecule is CC(C)CNC(=O)OC(C)(C)C.N. The van der Waals surface area contributed by atoms with Crippen LogP contribution in [0.5, 0.6) is 0 Å². The molecule has 0 saturated carbocycles. The molecule has 0 fully saturated rings. The van der Waals surface area contributed by atoms with Gasteiger partial charge in [-0.15, -0.1) is 0 Å². The Hall–Kier alpha value is -0.770. The Bertz CT molecular complexity index is 150. The molecule has 0 aromatic heterocycles. The van der Waals surface area contributed by atoms with E-state index in [1.54, 1.807) is 0 Å². The highest BCUT2D eigenvalue weighted by molar-refractivity contribution is 5.67. The van der Waals surface area contributed by atoms with Crippen LogP contribution in [0, 0.1) is 5.92 Å². The third-order valence-corrected chi connectivity index (χ3v) is 1.05. The van der Waals surface area contributed by atoms with Crippen LogP contribution in [0.25, 0.3) is 0 Å². The van der Waals surface area contributed by atoms with E-state index < -0.39 is 5.60 Å². The number of carbonyl (C=O) groups excluding carboxylic acids is 1. The van der Waals surface area contributed by atoms with E-state index in [0.717, 1.165) is 0 Å². The first kappa shape index (κ1) is 14.7. The molecule has 0 unspecified atom stereocenters. The average molecular weight is 190 g/mol. The Kier molecular flexibility index (Phi) is 6.58. The summed E-state index contributed by atoms with van der Waals surface area (Å²) in [4.78, 5) is 11.0. The maximum atomic E-state index is 11.0. The highest BCUT2D eigenvalue weighted by Crippen LogP contribution is 2.06. The summed E-state index contributed by atoms with van der Waals surface area (Å²) in [6.07, 6.45) is -0.337. The first-order chi connectivity index (χ1) is 5.31. The topological polar surface area (TPSA) is 73.3 Å². The molecule has 1 amide bonds. The molecule has 0 bridgehead atoms.